The van der Waals surface area contributed by atoms with E-state index in [-0.39, 0.29) is 29.4 Å². The number of hydrogen-bond acceptors (Lipinski definition) is 4. The number of carbonyl (C=O) groups excluding carboxylic acids is 1. The van der Waals surface area contributed by atoms with E-state index in [1.807, 2.05) is 0 Å². The van der Waals surface area contributed by atoms with Gasteiger partial charge in [0.25, 0.3) is 5.91 Å². The average Bonchev–Trinajstić information content (AvgIpc) is 2.40. The molecule has 0 saturated heterocycles. The Kier molecular flexibility index (Phi) is 6.36. The summed E-state index contributed by atoms with van der Waals surface area (Å²) in [4.78, 5) is 22.0. The molecule has 0 aromatic heterocycles. The fourth-order valence-corrected chi connectivity index (χ4v) is 1.72. The van der Waals surface area contributed by atoms with Crippen LogP contribution in [0.25, 0.3) is 0 Å². The molecule has 1 amide bonds. The molecule has 0 bridgehead atoms. The highest BCUT2D eigenvalue weighted by Crippen LogP contribution is 2.24. The Balaban J connectivity index is 2.20. The lowest BCUT2D eigenvalue weighted by Crippen LogP contribution is -2.24. The summed E-state index contributed by atoms with van der Waals surface area (Å²) in [5.41, 5.74) is 0.283. The first kappa shape index (κ1) is 15.8. The van der Waals surface area contributed by atoms with Crippen LogP contribution in [-0.2, 0) is 4.79 Å². The van der Waals surface area contributed by atoms with Crippen LogP contribution in [0.5, 0.6) is 11.5 Å². The number of benzene rings is 1. The van der Waals surface area contributed by atoms with Crippen molar-refractivity contribution in [3.63, 3.8) is 0 Å². The predicted octanol–water partition coefficient (Wildman–Crippen LogP) is 1.86. The Morgan fingerprint density at radius 2 is 1.70 bits per heavy atom. The number of phenols is 2. The van der Waals surface area contributed by atoms with Gasteiger partial charge < -0.3 is 20.6 Å². The summed E-state index contributed by atoms with van der Waals surface area (Å²) in [5, 5.41) is 29.6. The third-order valence-electron chi connectivity index (χ3n) is 2.84. The highest BCUT2D eigenvalue weighted by atomic mass is 16.4. The van der Waals surface area contributed by atoms with Crippen LogP contribution in [0.2, 0.25) is 0 Å². The van der Waals surface area contributed by atoms with Crippen LogP contribution in [0.1, 0.15) is 42.5 Å². The average molecular weight is 281 g/mol. The van der Waals surface area contributed by atoms with E-state index in [4.69, 9.17) is 10.2 Å². The van der Waals surface area contributed by atoms with E-state index in [0.29, 0.717) is 13.0 Å². The van der Waals surface area contributed by atoms with Crippen molar-refractivity contribution in [3.8, 4) is 11.5 Å². The maximum absolute atomic E-state index is 11.7. The molecule has 0 aliphatic carbocycles. The van der Waals surface area contributed by atoms with Gasteiger partial charge in [-0.05, 0) is 31.0 Å². The minimum Gasteiger partial charge on any atom is -0.504 e. The van der Waals surface area contributed by atoms with Crippen LogP contribution >= 0.6 is 0 Å². The second-order valence-electron chi connectivity index (χ2n) is 4.52. The lowest BCUT2D eigenvalue weighted by atomic mass is 10.1. The molecule has 20 heavy (non-hydrogen) atoms. The standard InChI is InChI=1S/C14H19NO5/c16-11-7-6-10(9-12(11)17)14(20)15-8-4-2-1-3-5-13(18)19/h6-7,9,16-17H,1-5,8H2,(H,15,20)(H,18,19). The van der Waals surface area contributed by atoms with E-state index < -0.39 is 5.97 Å². The van der Waals surface area contributed by atoms with Gasteiger partial charge in [0, 0.05) is 18.5 Å². The molecule has 6 heteroatoms. The molecule has 0 aliphatic heterocycles. The fourth-order valence-electron chi connectivity index (χ4n) is 1.72. The summed E-state index contributed by atoms with van der Waals surface area (Å²) < 4.78 is 0. The number of unbranched alkanes of at least 4 members (excludes halogenated alkanes) is 3. The number of nitrogens with one attached hydrogen (secondary N) is 1. The number of hydrogen-bond donors (Lipinski definition) is 4. The molecule has 0 aliphatic rings. The van der Waals surface area contributed by atoms with Crippen molar-refractivity contribution in [1.82, 2.24) is 5.32 Å². The smallest absolute Gasteiger partial charge is 0.303 e. The summed E-state index contributed by atoms with van der Waals surface area (Å²) in [6, 6.07) is 3.89. The van der Waals surface area contributed by atoms with Crippen LogP contribution in [0, 0.1) is 0 Å². The minimum atomic E-state index is -0.787. The van der Waals surface area contributed by atoms with E-state index in [1.54, 1.807) is 0 Å². The first-order valence-electron chi connectivity index (χ1n) is 6.52. The molecule has 0 unspecified atom stereocenters. The molecule has 4 N–H and O–H groups in total. The summed E-state index contributed by atoms with van der Waals surface area (Å²) in [6.45, 7) is 0.494. The second kappa shape index (κ2) is 8.04. The molecule has 1 aromatic rings. The number of carbonyl (C=O) groups is 2. The van der Waals surface area contributed by atoms with Gasteiger partial charge in [-0.3, -0.25) is 9.59 Å². The molecule has 1 rings (SSSR count). The third kappa shape index (κ3) is 5.60. The van der Waals surface area contributed by atoms with E-state index in [9.17, 15) is 14.7 Å². The topological polar surface area (TPSA) is 107 Å². The molecule has 0 radical (unpaired) electrons. The van der Waals surface area contributed by atoms with Gasteiger partial charge in [-0.15, -0.1) is 0 Å². The summed E-state index contributed by atoms with van der Waals surface area (Å²) in [5.74, 6) is -1.69. The van der Waals surface area contributed by atoms with Crippen LogP contribution in [0.3, 0.4) is 0 Å². The van der Waals surface area contributed by atoms with Crippen molar-refractivity contribution < 1.29 is 24.9 Å². The zero-order valence-electron chi connectivity index (χ0n) is 11.1. The molecule has 6 nitrogen and oxygen atoms in total. The number of carboxylic acids is 1. The van der Waals surface area contributed by atoms with E-state index in [2.05, 4.69) is 5.32 Å². The fraction of sp³-hybridized carbons (Fsp3) is 0.429. The first-order chi connectivity index (χ1) is 9.50. The molecule has 110 valence electrons. The van der Waals surface area contributed by atoms with Gasteiger partial charge in [0.2, 0.25) is 0 Å². The van der Waals surface area contributed by atoms with Crippen molar-refractivity contribution in [3.05, 3.63) is 23.8 Å². The van der Waals surface area contributed by atoms with Crippen molar-refractivity contribution in [1.29, 1.82) is 0 Å². The lowest BCUT2D eigenvalue weighted by molar-refractivity contribution is -0.137. The molecule has 0 heterocycles. The van der Waals surface area contributed by atoms with Gasteiger partial charge >= 0.3 is 5.97 Å². The van der Waals surface area contributed by atoms with Gasteiger partial charge in [-0.25, -0.2) is 0 Å². The largest absolute Gasteiger partial charge is 0.504 e. The molecular formula is C14H19NO5. The Bertz CT molecular complexity index is 473. The normalized spacial score (nSPS) is 10.2. The predicted molar refractivity (Wildman–Crippen MR) is 72.8 cm³/mol. The van der Waals surface area contributed by atoms with Crippen molar-refractivity contribution in [2.24, 2.45) is 0 Å². The first-order valence-corrected chi connectivity index (χ1v) is 6.52. The minimum absolute atomic E-state index is 0.180. The maximum Gasteiger partial charge on any atom is 0.303 e. The number of carboxylic acid groups (broad SMARTS) is 1. The van der Waals surface area contributed by atoms with Crippen LogP contribution in [0.4, 0.5) is 0 Å². The van der Waals surface area contributed by atoms with Crippen molar-refractivity contribution in [2.75, 3.05) is 6.54 Å². The SMILES string of the molecule is O=C(O)CCCCCCNC(=O)c1ccc(O)c(O)c1. The highest BCUT2D eigenvalue weighted by molar-refractivity contribution is 5.94. The van der Waals surface area contributed by atoms with Gasteiger partial charge in [0.05, 0.1) is 0 Å². The molecule has 1 aromatic carbocycles. The van der Waals surface area contributed by atoms with Gasteiger partial charge in [-0.2, -0.15) is 0 Å². The van der Waals surface area contributed by atoms with Crippen molar-refractivity contribution in [2.45, 2.75) is 32.1 Å². The Hall–Kier alpha value is -2.24. The van der Waals surface area contributed by atoms with Crippen molar-refractivity contribution >= 4 is 11.9 Å². The lowest BCUT2D eigenvalue weighted by Gasteiger charge is -2.06. The van der Waals surface area contributed by atoms with E-state index >= 15 is 0 Å². The number of aromatic hydroxyl groups is 2. The van der Waals surface area contributed by atoms with Crippen LogP contribution in [-0.4, -0.2) is 33.7 Å². The van der Waals surface area contributed by atoms with Crippen LogP contribution < -0.4 is 5.32 Å². The summed E-state index contributed by atoms with van der Waals surface area (Å²) in [6.07, 6.45) is 3.28. The highest BCUT2D eigenvalue weighted by Gasteiger charge is 2.07. The summed E-state index contributed by atoms with van der Waals surface area (Å²) in [7, 11) is 0. The Morgan fingerprint density at radius 3 is 2.35 bits per heavy atom. The van der Waals surface area contributed by atoms with Gasteiger partial charge in [-0.1, -0.05) is 12.8 Å². The number of phenolic OH excluding ortho intramolecular Hbond substituents is 2. The maximum atomic E-state index is 11.7. The molecule has 0 atom stereocenters. The van der Waals surface area contributed by atoms with Gasteiger partial charge in [0.1, 0.15) is 0 Å². The van der Waals surface area contributed by atoms with E-state index in [0.717, 1.165) is 19.3 Å². The van der Waals surface area contributed by atoms with E-state index in [1.165, 1.54) is 18.2 Å². The zero-order valence-corrected chi connectivity index (χ0v) is 11.1. The number of amides is 1. The number of rotatable bonds is 8. The molecule has 0 fully saturated rings. The quantitative estimate of drug-likeness (QED) is 0.430. The monoisotopic (exact) mass is 281 g/mol. The Labute approximate surface area is 117 Å². The third-order valence-corrected chi connectivity index (χ3v) is 2.84. The zero-order chi connectivity index (χ0) is 15.0. The van der Waals surface area contributed by atoms with Crippen LogP contribution in [0.15, 0.2) is 18.2 Å². The molecular weight excluding hydrogens is 262 g/mol. The Morgan fingerprint density at radius 1 is 1.00 bits per heavy atom. The number of aliphatic carboxylic acids is 1. The second-order valence-corrected chi connectivity index (χ2v) is 4.52. The van der Waals surface area contributed by atoms with Gasteiger partial charge in [0.15, 0.2) is 11.5 Å². The molecule has 0 saturated carbocycles. The molecule has 0 spiro atoms. The summed E-state index contributed by atoms with van der Waals surface area (Å²) >= 11 is 0.